The Bertz CT molecular complexity index is 501. The summed E-state index contributed by atoms with van der Waals surface area (Å²) in [5.41, 5.74) is 0. The van der Waals surface area contributed by atoms with Crippen LogP contribution in [0.4, 0.5) is 8.78 Å². The maximum absolute atomic E-state index is 13.0. The third-order valence-corrected chi connectivity index (χ3v) is 2.97. The van der Waals surface area contributed by atoms with Crippen LogP contribution in [0.1, 0.15) is 6.42 Å². The number of nitrogens with zero attached hydrogens (tertiary/aromatic N) is 1. The Kier molecular flexibility index (Phi) is 10.5. The highest BCUT2D eigenvalue weighted by molar-refractivity contribution is 5.79. The molecule has 0 aliphatic carbocycles. The van der Waals surface area contributed by atoms with Crippen LogP contribution in [0, 0.1) is 11.6 Å². The second kappa shape index (κ2) is 12.5. The van der Waals surface area contributed by atoms with Gasteiger partial charge in [0, 0.05) is 33.4 Å². The molecule has 8 heteroatoms. The van der Waals surface area contributed by atoms with Gasteiger partial charge in [-0.05, 0) is 18.6 Å². The minimum absolute atomic E-state index is 0.284. The van der Waals surface area contributed by atoms with E-state index >= 15 is 0 Å². The third kappa shape index (κ3) is 8.64. The Morgan fingerprint density at radius 3 is 2.54 bits per heavy atom. The minimum Gasteiger partial charge on any atom is -0.492 e. The zero-order chi connectivity index (χ0) is 17.6. The summed E-state index contributed by atoms with van der Waals surface area (Å²) in [4.78, 5) is 4.07. The van der Waals surface area contributed by atoms with Crippen LogP contribution in [-0.4, -0.2) is 59.6 Å². The van der Waals surface area contributed by atoms with E-state index in [1.807, 2.05) is 0 Å². The summed E-state index contributed by atoms with van der Waals surface area (Å²) in [5.74, 6) is -0.894. The molecule has 0 fully saturated rings. The van der Waals surface area contributed by atoms with E-state index in [1.54, 1.807) is 14.2 Å². The number of halogens is 2. The predicted octanol–water partition coefficient (Wildman–Crippen LogP) is 1.56. The lowest BCUT2D eigenvalue weighted by atomic mass is 10.3. The molecule has 1 aromatic rings. The first-order valence-corrected chi connectivity index (χ1v) is 7.76. The number of hydrogen-bond donors (Lipinski definition) is 2. The van der Waals surface area contributed by atoms with Crippen LogP contribution in [0.3, 0.4) is 0 Å². The van der Waals surface area contributed by atoms with E-state index in [0.717, 1.165) is 25.1 Å². The van der Waals surface area contributed by atoms with E-state index in [2.05, 4.69) is 15.6 Å². The lowest BCUT2D eigenvalue weighted by Gasteiger charge is -2.12. The summed E-state index contributed by atoms with van der Waals surface area (Å²) >= 11 is 0. The highest BCUT2D eigenvalue weighted by Gasteiger charge is 2.03. The lowest BCUT2D eigenvalue weighted by Crippen LogP contribution is -2.39. The molecule has 0 amide bonds. The van der Waals surface area contributed by atoms with E-state index in [-0.39, 0.29) is 5.75 Å². The van der Waals surface area contributed by atoms with Crippen molar-refractivity contribution in [3.05, 3.63) is 29.8 Å². The van der Waals surface area contributed by atoms with Crippen molar-refractivity contribution in [3.8, 4) is 5.75 Å². The van der Waals surface area contributed by atoms with E-state index < -0.39 is 11.6 Å². The number of benzene rings is 1. The Balaban J connectivity index is 2.10. The molecule has 1 aromatic carbocycles. The summed E-state index contributed by atoms with van der Waals surface area (Å²) < 4.78 is 41.4. The first-order valence-electron chi connectivity index (χ1n) is 7.76. The van der Waals surface area contributed by atoms with Crippen molar-refractivity contribution in [2.45, 2.75) is 6.42 Å². The molecule has 24 heavy (non-hydrogen) atoms. The molecule has 0 radical (unpaired) electrons. The Morgan fingerprint density at radius 2 is 1.83 bits per heavy atom. The second-order valence-electron chi connectivity index (χ2n) is 4.81. The second-order valence-corrected chi connectivity index (χ2v) is 4.81. The molecule has 0 bridgehead atoms. The van der Waals surface area contributed by atoms with E-state index in [9.17, 15) is 8.78 Å². The molecule has 0 saturated carbocycles. The highest BCUT2D eigenvalue weighted by Crippen LogP contribution is 2.14. The van der Waals surface area contributed by atoms with Gasteiger partial charge in [0.2, 0.25) is 0 Å². The van der Waals surface area contributed by atoms with Gasteiger partial charge in [-0.1, -0.05) is 0 Å². The van der Waals surface area contributed by atoms with Gasteiger partial charge in [0.1, 0.15) is 12.4 Å². The van der Waals surface area contributed by atoms with Crippen molar-refractivity contribution in [1.82, 2.24) is 10.6 Å². The van der Waals surface area contributed by atoms with Gasteiger partial charge < -0.3 is 24.8 Å². The van der Waals surface area contributed by atoms with Crippen LogP contribution in [0.2, 0.25) is 0 Å². The maximum atomic E-state index is 13.0. The standard InChI is InChI=1S/C16H25F2N3O3/c1-19-16(20-6-3-8-23-11-10-22-2)21-7-9-24-13-4-5-14(17)15(18)12-13/h4-5,12H,3,6-11H2,1-2H3,(H2,19,20,21). The van der Waals surface area contributed by atoms with Crippen LogP contribution in [0.25, 0.3) is 0 Å². The van der Waals surface area contributed by atoms with Crippen molar-refractivity contribution in [2.24, 2.45) is 4.99 Å². The Morgan fingerprint density at radius 1 is 1.04 bits per heavy atom. The van der Waals surface area contributed by atoms with Crippen molar-refractivity contribution < 1.29 is 23.0 Å². The largest absolute Gasteiger partial charge is 0.492 e. The fourth-order valence-corrected chi connectivity index (χ4v) is 1.75. The fraction of sp³-hybridized carbons (Fsp3) is 0.562. The van der Waals surface area contributed by atoms with Gasteiger partial charge in [0.25, 0.3) is 0 Å². The van der Waals surface area contributed by atoms with E-state index in [0.29, 0.717) is 38.9 Å². The van der Waals surface area contributed by atoms with Gasteiger partial charge in [-0.25, -0.2) is 8.78 Å². The molecule has 2 N–H and O–H groups in total. The molecule has 0 unspecified atom stereocenters. The summed E-state index contributed by atoms with van der Waals surface area (Å²) in [7, 11) is 3.30. The fourth-order valence-electron chi connectivity index (χ4n) is 1.75. The minimum atomic E-state index is -0.925. The molecular weight excluding hydrogens is 320 g/mol. The maximum Gasteiger partial charge on any atom is 0.191 e. The number of methoxy groups -OCH3 is 1. The van der Waals surface area contributed by atoms with Crippen molar-refractivity contribution in [3.63, 3.8) is 0 Å². The summed E-state index contributed by atoms with van der Waals surface area (Å²) in [6.45, 7) is 3.32. The molecule has 136 valence electrons. The quantitative estimate of drug-likeness (QED) is 0.362. The summed E-state index contributed by atoms with van der Waals surface area (Å²) in [5, 5.41) is 6.20. The van der Waals surface area contributed by atoms with Crippen molar-refractivity contribution in [2.75, 3.05) is 53.7 Å². The molecule has 0 heterocycles. The van der Waals surface area contributed by atoms with Crippen molar-refractivity contribution >= 4 is 5.96 Å². The predicted molar refractivity (Wildman–Crippen MR) is 88.5 cm³/mol. The monoisotopic (exact) mass is 345 g/mol. The summed E-state index contributed by atoms with van der Waals surface area (Å²) in [6.07, 6.45) is 0.843. The molecule has 0 aliphatic heterocycles. The smallest absolute Gasteiger partial charge is 0.191 e. The number of guanidine groups is 1. The van der Waals surface area contributed by atoms with Crippen LogP contribution in [0.15, 0.2) is 23.2 Å². The number of rotatable bonds is 11. The average Bonchev–Trinajstić information content (AvgIpc) is 2.59. The Hall–Kier alpha value is -1.93. The topological polar surface area (TPSA) is 64.1 Å². The normalized spacial score (nSPS) is 11.4. The molecule has 0 aliphatic rings. The van der Waals surface area contributed by atoms with Gasteiger partial charge in [-0.3, -0.25) is 4.99 Å². The number of hydrogen-bond acceptors (Lipinski definition) is 4. The van der Waals surface area contributed by atoms with Gasteiger partial charge in [-0.15, -0.1) is 0 Å². The number of ether oxygens (including phenoxy) is 3. The molecule has 1 rings (SSSR count). The molecule has 0 saturated heterocycles. The molecule has 0 spiro atoms. The number of nitrogens with one attached hydrogen (secondary N) is 2. The zero-order valence-corrected chi connectivity index (χ0v) is 14.1. The molecule has 0 atom stereocenters. The van der Waals surface area contributed by atoms with Crippen LogP contribution < -0.4 is 15.4 Å². The molecule has 0 aromatic heterocycles. The van der Waals surface area contributed by atoms with Gasteiger partial charge in [0.05, 0.1) is 19.8 Å². The average molecular weight is 345 g/mol. The van der Waals surface area contributed by atoms with E-state index in [1.165, 1.54) is 6.07 Å². The van der Waals surface area contributed by atoms with Crippen LogP contribution in [0.5, 0.6) is 5.75 Å². The first-order chi connectivity index (χ1) is 11.7. The van der Waals surface area contributed by atoms with Gasteiger partial charge in [-0.2, -0.15) is 0 Å². The molecule has 6 nitrogen and oxygen atoms in total. The van der Waals surface area contributed by atoms with Crippen LogP contribution >= 0.6 is 0 Å². The zero-order valence-electron chi connectivity index (χ0n) is 14.1. The number of aliphatic imine (C=N–C) groups is 1. The summed E-state index contributed by atoms with van der Waals surface area (Å²) in [6, 6.07) is 3.44. The first kappa shape index (κ1) is 20.1. The Labute approximate surface area is 141 Å². The van der Waals surface area contributed by atoms with Gasteiger partial charge >= 0.3 is 0 Å². The SMILES string of the molecule is CN=C(NCCCOCCOC)NCCOc1ccc(F)c(F)c1. The van der Waals surface area contributed by atoms with Crippen molar-refractivity contribution in [1.29, 1.82) is 0 Å². The third-order valence-electron chi connectivity index (χ3n) is 2.97. The molecular formula is C16H25F2N3O3. The van der Waals surface area contributed by atoms with Gasteiger partial charge in [0.15, 0.2) is 17.6 Å². The lowest BCUT2D eigenvalue weighted by molar-refractivity contribution is 0.0698. The van der Waals surface area contributed by atoms with Crippen LogP contribution in [-0.2, 0) is 9.47 Å². The van der Waals surface area contributed by atoms with E-state index in [4.69, 9.17) is 14.2 Å². The highest BCUT2D eigenvalue weighted by atomic mass is 19.2.